The Bertz CT molecular complexity index is 3550. The monoisotopic (exact) mass is 1750 g/mol. The molecule has 32 nitrogen and oxygen atoms in total. The van der Waals surface area contributed by atoms with E-state index in [0.29, 0.717) is 5.75 Å². The van der Waals surface area contributed by atoms with E-state index in [1.165, 1.54) is 67.9 Å². The largest absolute Gasteiger partial charge is 0.497 e. The third kappa shape index (κ3) is 30.8. The molecule has 5 aliphatic heterocycles. The zero-order valence-electron chi connectivity index (χ0n) is 75.3. The molecule has 0 saturated carbocycles. The molecule has 0 radical (unpaired) electrons. The zero-order chi connectivity index (χ0) is 91.9. The molecular weight excluding hydrogens is 1620 g/mol. The second-order valence-electron chi connectivity index (χ2n) is 35.1. The Morgan fingerprint density at radius 3 is 0.726 bits per heavy atom. The lowest BCUT2D eigenvalue weighted by atomic mass is 9.93. The minimum Gasteiger partial charge on any atom is -0.497 e. The molecule has 0 aromatic heterocycles. The topological polar surface area (TPSA) is 346 Å². The number of ether oxygens (including phenoxy) is 26. The van der Waals surface area contributed by atoms with Gasteiger partial charge < -0.3 is 128 Å². The molecule has 5 heterocycles. The average Bonchev–Trinajstić information content (AvgIpc) is 0.754. The second-order valence-corrected chi connectivity index (χ2v) is 35.1. The van der Waals surface area contributed by atoms with Crippen LogP contribution in [0.4, 0.5) is 0 Å². The Kier molecular flexibility index (Phi) is 43.0. The van der Waals surface area contributed by atoms with Crippen LogP contribution in [0, 0.1) is 27.1 Å². The molecule has 5 fully saturated rings. The molecule has 0 amide bonds. The SMILES string of the molecule is C=CCOC[C@H]1O[C@@H](O[C@@H]2[C@H](OCC=C)[C@@H](OC(=O)C(C)(C)C)[C@H](O[C@@H]3[C@H](OCC=C)[C@@H](OC(=O)C(C)(C)C)[C@H](O[C@@H]4[C@H](OCC=C)[C@@H](OC(=O)C(C)(C)C)[C@H](O[C@@H]5[C@H](OCC=C)[C@@H](OC(=O)C(C)(C)C)[C@H](Oc6ccc(OC)cc6)O[C@@H]5COCC=C)O[C@@H]4COCC=C)O[C@@H]3COCC=C)O[C@@H]2COCC=C)[C@H](OC(=O)C(C)(C)C)[C@@H](OCC=C)[C@H]1O. The molecule has 0 unspecified atom stereocenters. The van der Waals surface area contributed by atoms with E-state index in [2.05, 4.69) is 65.8 Å². The maximum atomic E-state index is 15.1. The summed E-state index contributed by atoms with van der Waals surface area (Å²) in [6, 6.07) is 6.64. The Hall–Kier alpha value is -7.23. The second kappa shape index (κ2) is 50.5. The number of aliphatic hydroxyl groups is 1. The molecule has 1 aromatic rings. The Morgan fingerprint density at radius 2 is 0.492 bits per heavy atom. The van der Waals surface area contributed by atoms with Crippen LogP contribution in [-0.2, 0) is 138 Å². The van der Waals surface area contributed by atoms with Gasteiger partial charge in [-0.15, -0.1) is 65.8 Å². The summed E-state index contributed by atoms with van der Waals surface area (Å²) in [5, 5.41) is 12.1. The summed E-state index contributed by atoms with van der Waals surface area (Å²) in [7, 11) is 1.52. The summed E-state index contributed by atoms with van der Waals surface area (Å²) < 4.78 is 173. The van der Waals surface area contributed by atoms with Gasteiger partial charge in [0.25, 0.3) is 0 Å². The van der Waals surface area contributed by atoms with E-state index in [9.17, 15) is 24.3 Å². The smallest absolute Gasteiger partial charge is 0.311 e. The summed E-state index contributed by atoms with van der Waals surface area (Å²) in [6.45, 7) is 60.8. The number of carbonyl (C=O) groups excluding carboxylic acids is 5. The number of aliphatic hydroxyl groups excluding tert-OH is 1. The van der Waals surface area contributed by atoms with Crippen LogP contribution >= 0.6 is 0 Å². The molecule has 1 N–H and O–H groups in total. The molecule has 124 heavy (non-hydrogen) atoms. The molecule has 1 aromatic carbocycles. The maximum absolute atomic E-state index is 15.1. The highest BCUT2D eigenvalue weighted by Gasteiger charge is 2.63. The third-order valence-electron chi connectivity index (χ3n) is 19.4. The highest BCUT2D eigenvalue weighted by Crippen LogP contribution is 2.44. The van der Waals surface area contributed by atoms with Gasteiger partial charge in [-0.05, 0) is 128 Å². The number of hydrogen-bond acceptors (Lipinski definition) is 32. The molecule has 6 rings (SSSR count). The molecule has 0 bridgehead atoms. The molecule has 32 heteroatoms. The van der Waals surface area contributed by atoms with E-state index < -0.39 is 217 Å². The van der Waals surface area contributed by atoms with Crippen molar-refractivity contribution < 1.29 is 152 Å². The predicted molar refractivity (Wildman–Crippen MR) is 454 cm³/mol. The first-order valence-corrected chi connectivity index (χ1v) is 41.7. The standard InChI is InChI=1S/C92H138O32/c1-27-41-100-51-58-63(93)68(105-46-32-6)73(120-83(94)88(11,12)13)79(111-58)116-65-60(53-102-43-29-3)113-81(75(70(65)107-48-34-8)122-85(96)90(17,18)19)118-67-62(55-104-45-31-5)115-82(77(72(67)109-50-36-10)124-87(98)92(23,24)25)119-66-61(54-103-44-30-4)114-80(76(71(66)108-49-35-9)123-86(97)91(20,21)22)117-64-59(52-101-42-28-2)112-78(110-57-39-37-56(99-26)38-40-57)74(69(64)106-47-33-7)121-84(95)89(14,15)16/h27-40,58-82,93H,1-10,41-55H2,11-26H3/t58-,59-,60-,61-,62-,63+,64+,65+,66+,67+,68+,69+,70+,71+,72+,73-,74-,75-,76-,77-,78-,79+,80+,81+,82+/m1/s1. The Labute approximate surface area is 731 Å². The summed E-state index contributed by atoms with van der Waals surface area (Å²) >= 11 is 0. The van der Waals surface area contributed by atoms with Crippen LogP contribution in [0.3, 0.4) is 0 Å². The van der Waals surface area contributed by atoms with Crippen LogP contribution < -0.4 is 9.47 Å². The summed E-state index contributed by atoms with van der Waals surface area (Å²) in [5.41, 5.74) is -6.01. The van der Waals surface area contributed by atoms with E-state index in [1.807, 2.05) is 0 Å². The van der Waals surface area contributed by atoms with Crippen molar-refractivity contribution in [1.29, 1.82) is 0 Å². The van der Waals surface area contributed by atoms with Crippen LogP contribution in [0.5, 0.6) is 11.5 Å². The van der Waals surface area contributed by atoms with Crippen molar-refractivity contribution in [3.05, 3.63) is 151 Å². The predicted octanol–water partition coefficient (Wildman–Crippen LogP) is 10.3. The number of hydrogen-bond donors (Lipinski definition) is 1. The molecule has 5 aliphatic rings. The molecule has 0 aliphatic carbocycles. The molecule has 0 spiro atoms. The highest BCUT2D eigenvalue weighted by molar-refractivity contribution is 5.77. The summed E-state index contributed by atoms with van der Waals surface area (Å²) in [5.74, 6) is -2.97. The number of rotatable bonds is 51. The van der Waals surface area contributed by atoms with Crippen molar-refractivity contribution >= 4 is 29.8 Å². The van der Waals surface area contributed by atoms with Gasteiger partial charge in [-0.3, -0.25) is 24.0 Å². The van der Waals surface area contributed by atoms with Gasteiger partial charge in [-0.2, -0.15) is 0 Å². The van der Waals surface area contributed by atoms with E-state index in [1.54, 1.807) is 128 Å². The Morgan fingerprint density at radius 1 is 0.290 bits per heavy atom. The van der Waals surface area contributed by atoms with E-state index in [-0.39, 0.29) is 98.2 Å². The lowest BCUT2D eigenvalue weighted by Gasteiger charge is -2.52. The van der Waals surface area contributed by atoms with Gasteiger partial charge in [-0.25, -0.2) is 0 Å². The fourth-order valence-corrected chi connectivity index (χ4v) is 13.0. The number of benzene rings is 1. The fourth-order valence-electron chi connectivity index (χ4n) is 13.0. The minimum absolute atomic E-state index is 0.0224. The van der Waals surface area contributed by atoms with Crippen molar-refractivity contribution in [2.24, 2.45) is 27.1 Å². The molecular formula is C92H138O32. The fraction of sp³-hybridized carbons (Fsp3) is 0.663. The number of methoxy groups -OCH3 is 1. The van der Waals surface area contributed by atoms with E-state index in [4.69, 9.17) is 123 Å². The first-order chi connectivity index (χ1) is 58.7. The van der Waals surface area contributed by atoms with Gasteiger partial charge in [-0.1, -0.05) is 60.8 Å². The lowest BCUT2D eigenvalue weighted by Crippen LogP contribution is -2.70. The van der Waals surface area contributed by atoms with Crippen LogP contribution in [-0.4, -0.2) is 295 Å². The average molecular weight is 1760 g/mol. The minimum atomic E-state index is -1.83. The van der Waals surface area contributed by atoms with Crippen molar-refractivity contribution in [2.75, 3.05) is 106 Å². The van der Waals surface area contributed by atoms with Gasteiger partial charge in [0.15, 0.2) is 55.7 Å². The third-order valence-corrected chi connectivity index (χ3v) is 19.4. The Balaban J connectivity index is 1.62. The van der Waals surface area contributed by atoms with Gasteiger partial charge in [0.2, 0.25) is 6.29 Å². The van der Waals surface area contributed by atoms with Crippen molar-refractivity contribution in [2.45, 2.75) is 257 Å². The first kappa shape index (κ1) is 106. The van der Waals surface area contributed by atoms with E-state index >= 15 is 4.79 Å². The molecule has 5 saturated heterocycles. The van der Waals surface area contributed by atoms with Gasteiger partial charge in [0.05, 0.1) is 133 Å². The number of carbonyl (C=O) groups is 5. The van der Waals surface area contributed by atoms with Gasteiger partial charge in [0.1, 0.15) is 103 Å². The van der Waals surface area contributed by atoms with Crippen molar-refractivity contribution in [3.8, 4) is 11.5 Å². The maximum Gasteiger partial charge on any atom is 0.311 e. The van der Waals surface area contributed by atoms with Gasteiger partial charge in [0, 0.05) is 0 Å². The zero-order valence-corrected chi connectivity index (χ0v) is 75.3. The first-order valence-electron chi connectivity index (χ1n) is 41.7. The van der Waals surface area contributed by atoms with Crippen molar-refractivity contribution in [3.63, 3.8) is 0 Å². The van der Waals surface area contributed by atoms with Crippen LogP contribution in [0.2, 0.25) is 0 Å². The lowest BCUT2D eigenvalue weighted by molar-refractivity contribution is -0.398. The van der Waals surface area contributed by atoms with Crippen LogP contribution in [0.1, 0.15) is 104 Å². The molecule has 25 atom stereocenters. The van der Waals surface area contributed by atoms with Gasteiger partial charge >= 0.3 is 29.8 Å². The number of esters is 5. The highest BCUT2D eigenvalue weighted by atomic mass is 16.8. The normalized spacial score (nSPS) is 30.5. The summed E-state index contributed by atoms with van der Waals surface area (Å²) in [4.78, 5) is 73.6. The van der Waals surface area contributed by atoms with Crippen LogP contribution in [0.25, 0.3) is 0 Å². The molecule has 698 valence electrons. The van der Waals surface area contributed by atoms with E-state index in [0.717, 1.165) is 0 Å². The summed E-state index contributed by atoms with van der Waals surface area (Å²) in [6.07, 6.45) is -23.4. The quantitative estimate of drug-likeness (QED) is 0.0274. The van der Waals surface area contributed by atoms with Crippen LogP contribution in [0.15, 0.2) is 151 Å². The van der Waals surface area contributed by atoms with Crippen molar-refractivity contribution in [1.82, 2.24) is 0 Å².